The molecule has 0 spiro atoms. The molecule has 0 radical (unpaired) electrons. The molecule has 0 saturated heterocycles. The zero-order chi connectivity index (χ0) is 13.2. The van der Waals surface area contributed by atoms with Gasteiger partial charge in [0.15, 0.2) is 5.82 Å². The van der Waals surface area contributed by atoms with Crippen molar-refractivity contribution in [1.82, 2.24) is 24.8 Å². The summed E-state index contributed by atoms with van der Waals surface area (Å²) in [5.41, 5.74) is 1.19. The summed E-state index contributed by atoms with van der Waals surface area (Å²) in [7, 11) is 0. The molecule has 0 aliphatic heterocycles. The van der Waals surface area contributed by atoms with Crippen molar-refractivity contribution in [2.75, 3.05) is 0 Å². The molecule has 7 nitrogen and oxygen atoms in total. The highest BCUT2D eigenvalue weighted by molar-refractivity contribution is 5.93. The standard InChI is InChI=1S/C12H11N5O2/c1-8(11-14-7-19-16-11)15-12(18)9-6-13-10-4-2-3-5-17(9)10/h2-8H,1H3,(H,15,18)/t8-/m0/s1. The Morgan fingerprint density at radius 1 is 1.42 bits per heavy atom. The van der Waals surface area contributed by atoms with Gasteiger partial charge in [0.1, 0.15) is 11.3 Å². The van der Waals surface area contributed by atoms with Gasteiger partial charge < -0.3 is 9.84 Å². The van der Waals surface area contributed by atoms with Crippen LogP contribution in [0.2, 0.25) is 0 Å². The molecule has 3 aromatic heterocycles. The number of hydrogen-bond acceptors (Lipinski definition) is 5. The summed E-state index contributed by atoms with van der Waals surface area (Å²) in [6, 6.07) is 5.21. The van der Waals surface area contributed by atoms with Crippen LogP contribution in [0.1, 0.15) is 29.3 Å². The van der Waals surface area contributed by atoms with Gasteiger partial charge in [-0.15, -0.1) is 0 Å². The van der Waals surface area contributed by atoms with E-state index < -0.39 is 0 Å². The molecule has 0 aliphatic rings. The first-order valence-electron chi connectivity index (χ1n) is 5.75. The zero-order valence-electron chi connectivity index (χ0n) is 10.1. The van der Waals surface area contributed by atoms with Crippen LogP contribution in [-0.4, -0.2) is 25.4 Å². The van der Waals surface area contributed by atoms with Crippen molar-refractivity contribution in [1.29, 1.82) is 0 Å². The van der Waals surface area contributed by atoms with E-state index in [1.807, 2.05) is 18.2 Å². The van der Waals surface area contributed by atoms with E-state index in [1.54, 1.807) is 17.5 Å². The first kappa shape index (κ1) is 11.4. The molecule has 0 unspecified atom stereocenters. The van der Waals surface area contributed by atoms with Crippen molar-refractivity contribution >= 4 is 11.6 Å². The number of carbonyl (C=O) groups excluding carboxylic acids is 1. The maximum atomic E-state index is 12.2. The molecule has 96 valence electrons. The molecule has 1 N–H and O–H groups in total. The van der Waals surface area contributed by atoms with Crippen LogP contribution < -0.4 is 5.32 Å². The molecule has 7 heteroatoms. The molecule has 0 aromatic carbocycles. The van der Waals surface area contributed by atoms with Gasteiger partial charge in [-0.3, -0.25) is 9.20 Å². The Bertz CT molecular complexity index is 704. The zero-order valence-corrected chi connectivity index (χ0v) is 10.1. The maximum absolute atomic E-state index is 12.2. The fourth-order valence-electron chi connectivity index (χ4n) is 1.81. The SMILES string of the molecule is C[C@H](NC(=O)c1cnc2ccccn12)c1ncon1. The second-order valence-electron chi connectivity index (χ2n) is 4.06. The highest BCUT2D eigenvalue weighted by Gasteiger charge is 2.17. The van der Waals surface area contributed by atoms with E-state index >= 15 is 0 Å². The molecule has 19 heavy (non-hydrogen) atoms. The second-order valence-corrected chi connectivity index (χ2v) is 4.06. The Morgan fingerprint density at radius 2 is 2.32 bits per heavy atom. The van der Waals surface area contributed by atoms with Crippen LogP contribution in [0.25, 0.3) is 5.65 Å². The number of imidazole rings is 1. The summed E-state index contributed by atoms with van der Waals surface area (Å²) in [5, 5.41) is 6.48. The smallest absolute Gasteiger partial charge is 0.270 e. The molecule has 3 aromatic rings. The van der Waals surface area contributed by atoms with Crippen molar-refractivity contribution in [2.45, 2.75) is 13.0 Å². The summed E-state index contributed by atoms with van der Waals surface area (Å²) < 4.78 is 6.37. The average Bonchev–Trinajstić information content (AvgIpc) is 3.08. The van der Waals surface area contributed by atoms with Crippen molar-refractivity contribution in [3.05, 3.63) is 48.5 Å². The van der Waals surface area contributed by atoms with Gasteiger partial charge in [-0.05, 0) is 19.1 Å². The Labute approximate surface area is 108 Å². The Hall–Kier alpha value is -2.70. The third-order valence-electron chi connectivity index (χ3n) is 2.76. The molecule has 3 heterocycles. The predicted molar refractivity (Wildman–Crippen MR) is 65.4 cm³/mol. The molecule has 1 amide bonds. The number of hydrogen-bond donors (Lipinski definition) is 1. The van der Waals surface area contributed by atoms with Gasteiger partial charge >= 0.3 is 0 Å². The first-order chi connectivity index (χ1) is 9.25. The van der Waals surface area contributed by atoms with Gasteiger partial charge in [-0.1, -0.05) is 11.2 Å². The van der Waals surface area contributed by atoms with E-state index in [4.69, 9.17) is 0 Å². The van der Waals surface area contributed by atoms with Gasteiger partial charge in [0.25, 0.3) is 5.91 Å². The van der Waals surface area contributed by atoms with E-state index in [-0.39, 0.29) is 11.9 Å². The normalized spacial score (nSPS) is 12.5. The topological polar surface area (TPSA) is 85.3 Å². The van der Waals surface area contributed by atoms with Crippen LogP contribution in [0.15, 0.2) is 41.5 Å². The molecule has 0 fully saturated rings. The predicted octanol–water partition coefficient (Wildman–Crippen LogP) is 1.21. The number of carbonyl (C=O) groups is 1. The lowest BCUT2D eigenvalue weighted by atomic mass is 10.3. The molecule has 0 aliphatic carbocycles. The largest absolute Gasteiger partial charge is 0.343 e. The number of rotatable bonds is 3. The first-order valence-corrected chi connectivity index (χ1v) is 5.75. The van der Waals surface area contributed by atoms with Crippen molar-refractivity contribution in [3.8, 4) is 0 Å². The minimum atomic E-state index is -0.333. The van der Waals surface area contributed by atoms with Gasteiger partial charge in [0.2, 0.25) is 6.39 Å². The lowest BCUT2D eigenvalue weighted by molar-refractivity contribution is 0.0932. The van der Waals surface area contributed by atoms with Crippen molar-refractivity contribution < 1.29 is 9.32 Å². The van der Waals surface area contributed by atoms with Gasteiger partial charge in [0, 0.05) is 6.20 Å². The van der Waals surface area contributed by atoms with Gasteiger partial charge in [-0.25, -0.2) is 4.98 Å². The van der Waals surface area contributed by atoms with E-state index in [1.165, 1.54) is 12.6 Å². The highest BCUT2D eigenvalue weighted by Crippen LogP contribution is 2.09. The fourth-order valence-corrected chi connectivity index (χ4v) is 1.81. The average molecular weight is 257 g/mol. The molecule has 1 atom stereocenters. The number of nitrogens with zero attached hydrogens (tertiary/aromatic N) is 4. The minimum Gasteiger partial charge on any atom is -0.343 e. The van der Waals surface area contributed by atoms with Crippen LogP contribution >= 0.6 is 0 Å². The summed E-state index contributed by atoms with van der Waals surface area (Å²) >= 11 is 0. The monoisotopic (exact) mass is 257 g/mol. The molecular formula is C12H11N5O2. The van der Waals surface area contributed by atoms with Crippen LogP contribution in [0.3, 0.4) is 0 Å². The van der Waals surface area contributed by atoms with E-state index in [2.05, 4.69) is 25.0 Å². The van der Waals surface area contributed by atoms with Crippen molar-refractivity contribution in [2.24, 2.45) is 0 Å². The summed E-state index contributed by atoms with van der Waals surface area (Å²) in [6.07, 6.45) is 4.55. The van der Waals surface area contributed by atoms with Gasteiger partial charge in [-0.2, -0.15) is 4.98 Å². The van der Waals surface area contributed by atoms with Gasteiger partial charge in [0.05, 0.1) is 12.2 Å². The highest BCUT2D eigenvalue weighted by atomic mass is 16.5. The van der Waals surface area contributed by atoms with Crippen LogP contribution in [0.5, 0.6) is 0 Å². The Kier molecular flexibility index (Phi) is 2.71. The third-order valence-corrected chi connectivity index (χ3v) is 2.76. The summed E-state index contributed by atoms with van der Waals surface area (Å²) in [5.74, 6) is 0.193. The minimum absolute atomic E-state index is 0.240. The molecule has 0 bridgehead atoms. The van der Waals surface area contributed by atoms with Crippen molar-refractivity contribution in [3.63, 3.8) is 0 Å². The molecule has 3 rings (SSSR count). The second kappa shape index (κ2) is 4.52. The maximum Gasteiger partial charge on any atom is 0.270 e. The fraction of sp³-hybridized carbons (Fsp3) is 0.167. The lowest BCUT2D eigenvalue weighted by Crippen LogP contribution is -2.28. The van der Waals surface area contributed by atoms with E-state index in [0.29, 0.717) is 11.5 Å². The molecule has 0 saturated carbocycles. The quantitative estimate of drug-likeness (QED) is 0.762. The third kappa shape index (κ3) is 2.05. The number of nitrogens with one attached hydrogen (secondary N) is 1. The Balaban J connectivity index is 1.84. The lowest BCUT2D eigenvalue weighted by Gasteiger charge is -2.09. The molecular weight excluding hydrogens is 246 g/mol. The number of aromatic nitrogens is 4. The van der Waals surface area contributed by atoms with Crippen LogP contribution in [0.4, 0.5) is 0 Å². The Morgan fingerprint density at radius 3 is 3.11 bits per heavy atom. The van der Waals surface area contributed by atoms with Crippen LogP contribution in [0, 0.1) is 0 Å². The summed E-state index contributed by atoms with van der Waals surface area (Å²) in [4.78, 5) is 20.2. The number of pyridine rings is 1. The van der Waals surface area contributed by atoms with E-state index in [9.17, 15) is 4.79 Å². The summed E-state index contributed by atoms with van der Waals surface area (Å²) in [6.45, 7) is 1.78. The number of fused-ring (bicyclic) bond motifs is 1. The van der Waals surface area contributed by atoms with Crippen LogP contribution in [-0.2, 0) is 0 Å². The van der Waals surface area contributed by atoms with E-state index in [0.717, 1.165) is 5.65 Å². The number of amides is 1.